The van der Waals surface area contributed by atoms with Gasteiger partial charge in [0, 0.05) is 0 Å². The molecule has 2 rings (SSSR count). The average Bonchev–Trinajstić information content (AvgIpc) is 2.65. The number of rotatable bonds is 5. The first-order valence-electron chi connectivity index (χ1n) is 10.3. The van der Waals surface area contributed by atoms with E-state index in [1.165, 1.54) is 33.4 Å². The number of hydrogen-bond donors (Lipinski definition) is 0. The Morgan fingerprint density at radius 2 is 0.714 bits per heavy atom. The van der Waals surface area contributed by atoms with Gasteiger partial charge in [0.15, 0.2) is 0 Å². The first-order valence-corrected chi connectivity index (χ1v) is 10.3. The Morgan fingerprint density at radius 3 is 0.857 bits per heavy atom. The van der Waals surface area contributed by atoms with Gasteiger partial charge in [-0.3, -0.25) is 0 Å². The van der Waals surface area contributed by atoms with E-state index in [9.17, 15) is 10.5 Å². The molecule has 2 nitrogen and oxygen atoms in total. The summed E-state index contributed by atoms with van der Waals surface area (Å²) in [5.74, 6) is 1.21. The van der Waals surface area contributed by atoms with E-state index in [2.05, 4.69) is 91.8 Å². The molecule has 0 bridgehead atoms. The highest BCUT2D eigenvalue weighted by Gasteiger charge is 2.24. The van der Waals surface area contributed by atoms with Crippen molar-refractivity contribution in [3.05, 3.63) is 57.6 Å². The van der Waals surface area contributed by atoms with Crippen LogP contribution in [0.4, 0.5) is 0 Å². The number of nitriles is 2. The van der Waals surface area contributed by atoms with E-state index >= 15 is 0 Å². The quantitative estimate of drug-likeness (QED) is 0.542. The van der Waals surface area contributed by atoms with Crippen molar-refractivity contribution in [1.29, 1.82) is 10.5 Å². The van der Waals surface area contributed by atoms with Gasteiger partial charge in [-0.2, -0.15) is 10.5 Å². The van der Waals surface area contributed by atoms with Gasteiger partial charge in [0.1, 0.15) is 0 Å². The summed E-state index contributed by atoms with van der Waals surface area (Å²) in [5.41, 5.74) is 8.85. The van der Waals surface area contributed by atoms with Crippen molar-refractivity contribution in [2.45, 2.75) is 79.1 Å². The first kappa shape index (κ1) is 21.7. The molecule has 0 atom stereocenters. The highest BCUT2D eigenvalue weighted by Crippen LogP contribution is 2.44. The van der Waals surface area contributed by atoms with Crippen LogP contribution in [0, 0.1) is 22.7 Å². The molecule has 0 saturated heterocycles. The Hall–Kier alpha value is -2.58. The zero-order valence-corrected chi connectivity index (χ0v) is 18.5. The van der Waals surface area contributed by atoms with E-state index in [1.54, 1.807) is 0 Å². The zero-order valence-electron chi connectivity index (χ0n) is 18.5. The summed E-state index contributed by atoms with van der Waals surface area (Å²) in [6.45, 7) is 17.5. The van der Waals surface area contributed by atoms with Gasteiger partial charge < -0.3 is 0 Å². The lowest BCUT2D eigenvalue weighted by Gasteiger charge is -2.27. The number of hydrogen-bond acceptors (Lipinski definition) is 2. The van der Waals surface area contributed by atoms with Crippen molar-refractivity contribution >= 4 is 0 Å². The highest BCUT2D eigenvalue weighted by atomic mass is 14.3. The fourth-order valence-electron chi connectivity index (χ4n) is 3.90. The summed E-state index contributed by atoms with van der Waals surface area (Å²) < 4.78 is 0. The monoisotopic (exact) mass is 372 g/mol. The molecular formula is C26H32N2. The van der Waals surface area contributed by atoms with E-state index in [0.29, 0.717) is 23.7 Å². The standard InChI is InChI=1S/C26H32N2/c1-15(2)21-9-19(13-27)10-22(16(3)4)25(21)26-23(17(5)6)11-20(14-28)12-24(26)18(7)8/h9-12,15-18H,1-8H3. The van der Waals surface area contributed by atoms with E-state index in [4.69, 9.17) is 0 Å². The van der Waals surface area contributed by atoms with Crippen LogP contribution in [0.1, 0.15) is 112 Å². The topological polar surface area (TPSA) is 47.6 Å². The summed E-state index contributed by atoms with van der Waals surface area (Å²) in [6, 6.07) is 12.9. The molecule has 0 aromatic heterocycles. The zero-order chi connectivity index (χ0) is 21.2. The minimum atomic E-state index is 0.302. The molecule has 0 unspecified atom stereocenters. The third-order valence-electron chi connectivity index (χ3n) is 5.39. The summed E-state index contributed by atoms with van der Waals surface area (Å²) >= 11 is 0. The number of benzene rings is 2. The van der Waals surface area contributed by atoms with Gasteiger partial charge in [0.2, 0.25) is 0 Å². The van der Waals surface area contributed by atoms with E-state index in [-0.39, 0.29) is 0 Å². The lowest BCUT2D eigenvalue weighted by molar-refractivity contribution is 0.816. The van der Waals surface area contributed by atoms with Gasteiger partial charge in [-0.25, -0.2) is 0 Å². The van der Waals surface area contributed by atoms with Crippen LogP contribution in [0.25, 0.3) is 11.1 Å². The Bertz CT molecular complexity index is 810. The second kappa shape index (κ2) is 8.62. The maximum atomic E-state index is 9.58. The van der Waals surface area contributed by atoms with E-state index < -0.39 is 0 Å². The molecule has 0 aliphatic heterocycles. The predicted octanol–water partition coefficient (Wildman–Crippen LogP) is 7.59. The van der Waals surface area contributed by atoms with Crippen LogP contribution in [0.5, 0.6) is 0 Å². The molecule has 0 heterocycles. The smallest absolute Gasteiger partial charge is 0.0991 e. The maximum absolute atomic E-state index is 9.58. The lowest BCUT2D eigenvalue weighted by atomic mass is 9.76. The van der Waals surface area contributed by atoms with Crippen molar-refractivity contribution in [3.63, 3.8) is 0 Å². The molecule has 0 amide bonds. The summed E-state index contributed by atoms with van der Waals surface area (Å²) in [6.07, 6.45) is 0. The molecule has 0 saturated carbocycles. The SMILES string of the molecule is CC(C)c1cc(C#N)cc(C(C)C)c1-c1c(C(C)C)cc(C#N)cc1C(C)C. The van der Waals surface area contributed by atoms with Crippen molar-refractivity contribution < 1.29 is 0 Å². The first-order chi connectivity index (χ1) is 13.1. The molecule has 2 aromatic carbocycles. The van der Waals surface area contributed by atoms with Crippen LogP contribution in [0.2, 0.25) is 0 Å². The molecule has 0 radical (unpaired) electrons. The molecule has 0 N–H and O–H groups in total. The van der Waals surface area contributed by atoms with Gasteiger partial charge in [0.05, 0.1) is 23.3 Å². The molecule has 0 spiro atoms. The van der Waals surface area contributed by atoms with Crippen LogP contribution in [0.3, 0.4) is 0 Å². The van der Waals surface area contributed by atoms with Crippen LogP contribution < -0.4 is 0 Å². The molecule has 2 heteroatoms. The second-order valence-corrected chi connectivity index (χ2v) is 8.90. The molecule has 0 aliphatic carbocycles. The van der Waals surface area contributed by atoms with Crippen molar-refractivity contribution in [2.75, 3.05) is 0 Å². The molecule has 0 fully saturated rings. The van der Waals surface area contributed by atoms with Gasteiger partial charge in [0.25, 0.3) is 0 Å². The summed E-state index contributed by atoms with van der Waals surface area (Å²) in [5, 5.41) is 19.2. The predicted molar refractivity (Wildman–Crippen MR) is 118 cm³/mol. The lowest BCUT2D eigenvalue weighted by Crippen LogP contribution is -2.08. The molecule has 146 valence electrons. The normalized spacial score (nSPS) is 11.4. The van der Waals surface area contributed by atoms with Crippen LogP contribution in [-0.2, 0) is 0 Å². The molecule has 28 heavy (non-hydrogen) atoms. The average molecular weight is 373 g/mol. The largest absolute Gasteiger partial charge is 0.192 e. The number of nitrogens with zero attached hydrogens (tertiary/aromatic N) is 2. The Morgan fingerprint density at radius 1 is 0.500 bits per heavy atom. The van der Waals surface area contributed by atoms with Gasteiger partial charge in [-0.05, 0) is 81.3 Å². The van der Waals surface area contributed by atoms with Crippen LogP contribution >= 0.6 is 0 Å². The maximum Gasteiger partial charge on any atom is 0.0991 e. The second-order valence-electron chi connectivity index (χ2n) is 8.90. The van der Waals surface area contributed by atoms with E-state index in [1.807, 2.05) is 0 Å². The van der Waals surface area contributed by atoms with Crippen LogP contribution in [-0.4, -0.2) is 0 Å². The fourth-order valence-corrected chi connectivity index (χ4v) is 3.90. The van der Waals surface area contributed by atoms with E-state index in [0.717, 1.165) is 11.1 Å². The molecule has 2 aromatic rings. The minimum Gasteiger partial charge on any atom is -0.192 e. The molecule has 0 aliphatic rings. The van der Waals surface area contributed by atoms with Gasteiger partial charge in [-0.1, -0.05) is 55.4 Å². The fraction of sp³-hybridized carbons (Fsp3) is 0.462. The Kier molecular flexibility index (Phi) is 6.69. The van der Waals surface area contributed by atoms with Crippen molar-refractivity contribution in [2.24, 2.45) is 0 Å². The molecular weight excluding hydrogens is 340 g/mol. The minimum absolute atomic E-state index is 0.302. The van der Waals surface area contributed by atoms with Gasteiger partial charge >= 0.3 is 0 Å². The summed E-state index contributed by atoms with van der Waals surface area (Å²) in [4.78, 5) is 0. The van der Waals surface area contributed by atoms with Crippen molar-refractivity contribution in [3.8, 4) is 23.3 Å². The van der Waals surface area contributed by atoms with Crippen LogP contribution in [0.15, 0.2) is 24.3 Å². The summed E-state index contributed by atoms with van der Waals surface area (Å²) in [7, 11) is 0. The Labute approximate surface area is 170 Å². The van der Waals surface area contributed by atoms with Gasteiger partial charge in [-0.15, -0.1) is 0 Å². The van der Waals surface area contributed by atoms with Crippen molar-refractivity contribution in [1.82, 2.24) is 0 Å². The Balaban J connectivity index is 3.11. The third-order valence-corrected chi connectivity index (χ3v) is 5.39. The third kappa shape index (κ3) is 4.13. The highest BCUT2D eigenvalue weighted by molar-refractivity contribution is 5.80.